The number of amides is 3. The molecule has 0 aromatic heterocycles. The quantitative estimate of drug-likeness (QED) is 0.401. The first-order valence-corrected chi connectivity index (χ1v) is 8.76. The van der Waals surface area contributed by atoms with Crippen LogP contribution >= 0.6 is 0 Å². The van der Waals surface area contributed by atoms with Gasteiger partial charge in [0.25, 0.3) is 5.91 Å². The summed E-state index contributed by atoms with van der Waals surface area (Å²) < 4.78 is 5.26. The van der Waals surface area contributed by atoms with Crippen LogP contribution in [0.1, 0.15) is 22.3 Å². The van der Waals surface area contributed by atoms with Crippen LogP contribution in [-0.2, 0) is 16.1 Å². The average molecular weight is 385 g/mol. The molecule has 8 heteroatoms. The van der Waals surface area contributed by atoms with E-state index >= 15 is 0 Å². The Bertz CT molecular complexity index is 838. The summed E-state index contributed by atoms with van der Waals surface area (Å²) in [5, 5.41) is 16.3. The summed E-state index contributed by atoms with van der Waals surface area (Å²) in [5.41, 5.74) is 1.26. The van der Waals surface area contributed by atoms with E-state index < -0.39 is 17.7 Å². The average Bonchev–Trinajstić information content (AvgIpc) is 2.72. The Hall–Kier alpha value is -3.39. The maximum atomic E-state index is 12.6. The van der Waals surface area contributed by atoms with Crippen LogP contribution in [0.3, 0.4) is 0 Å². The number of benzene rings is 2. The number of hydrogen-bond acceptors (Lipinski definition) is 5. The molecule has 4 N–H and O–H groups in total. The summed E-state index contributed by atoms with van der Waals surface area (Å²) in [6.07, 6.45) is 0.348. The van der Waals surface area contributed by atoms with Gasteiger partial charge >= 0.3 is 11.8 Å². The normalized spacial score (nSPS) is 10.1. The van der Waals surface area contributed by atoms with Crippen molar-refractivity contribution < 1.29 is 24.2 Å². The van der Waals surface area contributed by atoms with E-state index in [9.17, 15) is 14.4 Å². The molecule has 0 aliphatic carbocycles. The van der Waals surface area contributed by atoms with E-state index in [4.69, 9.17) is 9.84 Å². The molecule has 2 aromatic carbocycles. The summed E-state index contributed by atoms with van der Waals surface area (Å²) in [6, 6.07) is 13.7. The van der Waals surface area contributed by atoms with Gasteiger partial charge < -0.3 is 25.8 Å². The molecule has 0 saturated carbocycles. The molecule has 0 atom stereocenters. The van der Waals surface area contributed by atoms with E-state index in [1.54, 1.807) is 31.4 Å². The van der Waals surface area contributed by atoms with Crippen molar-refractivity contribution in [3.05, 3.63) is 59.7 Å². The van der Waals surface area contributed by atoms with Gasteiger partial charge in [0.1, 0.15) is 5.75 Å². The van der Waals surface area contributed by atoms with E-state index in [0.29, 0.717) is 12.2 Å². The molecular formula is C20H23N3O5. The maximum Gasteiger partial charge on any atom is 0.313 e. The zero-order valence-corrected chi connectivity index (χ0v) is 15.5. The third-order valence-corrected chi connectivity index (χ3v) is 3.88. The van der Waals surface area contributed by atoms with Gasteiger partial charge in [-0.05, 0) is 24.6 Å². The fraction of sp³-hybridized carbons (Fsp3) is 0.250. The van der Waals surface area contributed by atoms with E-state index in [1.807, 2.05) is 18.2 Å². The number of aliphatic hydroxyl groups excluding tert-OH is 1. The molecule has 0 aliphatic heterocycles. The molecule has 8 nitrogen and oxygen atoms in total. The molecule has 0 heterocycles. The molecule has 2 aromatic rings. The van der Waals surface area contributed by atoms with Crippen LogP contribution in [0.4, 0.5) is 5.69 Å². The van der Waals surface area contributed by atoms with Crippen LogP contribution in [-0.4, -0.2) is 43.1 Å². The SMILES string of the molecule is COc1ccccc1CNC(=O)c1ccccc1NC(=O)C(=O)NCCCO. The molecule has 0 unspecified atom stereocenters. The molecule has 0 saturated heterocycles. The summed E-state index contributed by atoms with van der Waals surface area (Å²) in [4.78, 5) is 36.3. The van der Waals surface area contributed by atoms with Crippen molar-refractivity contribution in [2.45, 2.75) is 13.0 Å². The van der Waals surface area contributed by atoms with Gasteiger partial charge in [-0.25, -0.2) is 0 Å². The summed E-state index contributed by atoms with van der Waals surface area (Å²) in [5.74, 6) is -1.47. The third-order valence-electron chi connectivity index (χ3n) is 3.88. The van der Waals surface area contributed by atoms with E-state index in [0.717, 1.165) is 5.56 Å². The van der Waals surface area contributed by atoms with Gasteiger partial charge in [0.15, 0.2) is 0 Å². The van der Waals surface area contributed by atoms with Crippen LogP contribution in [0.2, 0.25) is 0 Å². The van der Waals surface area contributed by atoms with Gasteiger partial charge in [-0.15, -0.1) is 0 Å². The second kappa shape index (κ2) is 10.7. The maximum absolute atomic E-state index is 12.6. The van der Waals surface area contributed by atoms with Gasteiger partial charge in [0, 0.05) is 25.3 Å². The minimum absolute atomic E-state index is 0.0862. The van der Waals surface area contributed by atoms with Crippen LogP contribution in [0.25, 0.3) is 0 Å². The number of carbonyl (C=O) groups is 3. The van der Waals surface area contributed by atoms with Crippen molar-refractivity contribution in [3.8, 4) is 5.75 Å². The number of anilines is 1. The number of methoxy groups -OCH3 is 1. The second-order valence-electron chi connectivity index (χ2n) is 5.83. The van der Waals surface area contributed by atoms with Crippen LogP contribution in [0, 0.1) is 0 Å². The predicted octanol–water partition coefficient (Wildman–Crippen LogP) is 1.06. The minimum atomic E-state index is -0.886. The molecule has 0 spiro atoms. The number of nitrogens with one attached hydrogen (secondary N) is 3. The molecule has 0 aliphatic rings. The van der Waals surface area contributed by atoms with Crippen molar-refractivity contribution in [2.24, 2.45) is 0 Å². The Morgan fingerprint density at radius 3 is 2.43 bits per heavy atom. The zero-order valence-electron chi connectivity index (χ0n) is 15.5. The van der Waals surface area contributed by atoms with Gasteiger partial charge in [0.2, 0.25) is 0 Å². The van der Waals surface area contributed by atoms with Crippen LogP contribution in [0.5, 0.6) is 5.75 Å². The van der Waals surface area contributed by atoms with Crippen molar-refractivity contribution >= 4 is 23.4 Å². The Labute approximate surface area is 162 Å². The van der Waals surface area contributed by atoms with Crippen LogP contribution < -0.4 is 20.7 Å². The highest BCUT2D eigenvalue weighted by Crippen LogP contribution is 2.18. The highest BCUT2D eigenvalue weighted by atomic mass is 16.5. The number of ether oxygens (including phenoxy) is 1. The highest BCUT2D eigenvalue weighted by Gasteiger charge is 2.17. The van der Waals surface area contributed by atoms with Crippen molar-refractivity contribution in [3.63, 3.8) is 0 Å². The standard InChI is InChI=1S/C20H23N3O5/c1-28-17-10-5-2-7-14(17)13-22-18(25)15-8-3-4-9-16(15)23-20(27)19(26)21-11-6-12-24/h2-5,7-10,24H,6,11-13H2,1H3,(H,21,26)(H,22,25)(H,23,27). The van der Waals surface area contributed by atoms with E-state index in [2.05, 4.69) is 16.0 Å². The van der Waals surface area contributed by atoms with Gasteiger partial charge in [0.05, 0.1) is 18.4 Å². The molecule has 3 amide bonds. The van der Waals surface area contributed by atoms with E-state index in [1.165, 1.54) is 6.07 Å². The fourth-order valence-corrected chi connectivity index (χ4v) is 2.45. The first kappa shape index (κ1) is 20.9. The van der Waals surface area contributed by atoms with Crippen molar-refractivity contribution in [1.29, 1.82) is 0 Å². The van der Waals surface area contributed by atoms with E-state index in [-0.39, 0.29) is 30.9 Å². The molecule has 28 heavy (non-hydrogen) atoms. The molecule has 2 rings (SSSR count). The number of hydrogen-bond donors (Lipinski definition) is 4. The summed E-state index contributed by atoms with van der Waals surface area (Å²) >= 11 is 0. The predicted molar refractivity (Wildman–Crippen MR) is 104 cm³/mol. The Balaban J connectivity index is 2.03. The summed E-state index contributed by atoms with van der Waals surface area (Å²) in [7, 11) is 1.55. The highest BCUT2D eigenvalue weighted by molar-refractivity contribution is 6.40. The summed E-state index contributed by atoms with van der Waals surface area (Å²) in [6.45, 7) is 0.341. The lowest BCUT2D eigenvalue weighted by Crippen LogP contribution is -2.36. The van der Waals surface area contributed by atoms with Crippen LogP contribution in [0.15, 0.2) is 48.5 Å². The lowest BCUT2D eigenvalue weighted by Gasteiger charge is -2.13. The first-order valence-electron chi connectivity index (χ1n) is 8.76. The molecule has 148 valence electrons. The zero-order chi connectivity index (χ0) is 20.4. The topological polar surface area (TPSA) is 117 Å². The monoisotopic (exact) mass is 385 g/mol. The first-order chi connectivity index (χ1) is 13.6. The third kappa shape index (κ3) is 5.82. The number of rotatable bonds is 8. The second-order valence-corrected chi connectivity index (χ2v) is 5.83. The number of aliphatic hydroxyl groups is 1. The minimum Gasteiger partial charge on any atom is -0.496 e. The smallest absolute Gasteiger partial charge is 0.313 e. The molecule has 0 radical (unpaired) electrons. The van der Waals surface area contributed by atoms with Gasteiger partial charge in [-0.3, -0.25) is 14.4 Å². The Morgan fingerprint density at radius 1 is 0.964 bits per heavy atom. The molecule has 0 fully saturated rings. The molecular weight excluding hydrogens is 362 g/mol. The van der Waals surface area contributed by atoms with Gasteiger partial charge in [-0.1, -0.05) is 30.3 Å². The van der Waals surface area contributed by atoms with Crippen molar-refractivity contribution in [1.82, 2.24) is 10.6 Å². The number of carbonyl (C=O) groups excluding carboxylic acids is 3. The lowest BCUT2D eigenvalue weighted by molar-refractivity contribution is -0.136. The fourth-order valence-electron chi connectivity index (χ4n) is 2.45. The largest absolute Gasteiger partial charge is 0.496 e. The number of para-hydroxylation sites is 2. The lowest BCUT2D eigenvalue weighted by atomic mass is 10.1. The Morgan fingerprint density at radius 2 is 1.68 bits per heavy atom. The Kier molecular flexibility index (Phi) is 7.98. The van der Waals surface area contributed by atoms with Crippen molar-refractivity contribution in [2.75, 3.05) is 25.6 Å². The van der Waals surface area contributed by atoms with Gasteiger partial charge in [-0.2, -0.15) is 0 Å². The molecule has 0 bridgehead atoms.